The van der Waals surface area contributed by atoms with Crippen molar-refractivity contribution >= 4 is 17.3 Å². The Kier molecular flexibility index (Phi) is 6.29. The zero-order chi connectivity index (χ0) is 17.6. The molecule has 1 saturated carbocycles. The lowest BCUT2D eigenvalue weighted by Gasteiger charge is -2.24. The van der Waals surface area contributed by atoms with Gasteiger partial charge in [-0.3, -0.25) is 14.4 Å². The van der Waals surface area contributed by atoms with Gasteiger partial charge in [0.05, 0.1) is 5.41 Å². The molecular formula is C20H26O4. The molecule has 0 amide bonds. The van der Waals surface area contributed by atoms with Crippen LogP contribution in [0.15, 0.2) is 24.3 Å². The molecular weight excluding hydrogens is 304 g/mol. The number of hydrogen-bond donors (Lipinski definition) is 1. The van der Waals surface area contributed by atoms with E-state index in [2.05, 4.69) is 0 Å². The van der Waals surface area contributed by atoms with Gasteiger partial charge in [0.1, 0.15) is 23.1 Å². The summed E-state index contributed by atoms with van der Waals surface area (Å²) in [6, 6.07) is 7.04. The van der Waals surface area contributed by atoms with Crippen molar-refractivity contribution in [1.29, 1.82) is 0 Å². The van der Waals surface area contributed by atoms with Crippen molar-refractivity contribution < 1.29 is 19.5 Å². The van der Waals surface area contributed by atoms with Gasteiger partial charge in [-0.15, -0.1) is 0 Å². The summed E-state index contributed by atoms with van der Waals surface area (Å²) < 4.78 is 0. The summed E-state index contributed by atoms with van der Waals surface area (Å²) in [4.78, 5) is 36.5. The lowest BCUT2D eigenvalue weighted by atomic mass is 9.75. The summed E-state index contributed by atoms with van der Waals surface area (Å²) in [6.45, 7) is 1.97. The highest BCUT2D eigenvalue weighted by molar-refractivity contribution is 6.13. The van der Waals surface area contributed by atoms with Crippen LogP contribution in [0.3, 0.4) is 0 Å². The van der Waals surface area contributed by atoms with Crippen LogP contribution in [-0.2, 0) is 20.8 Å². The molecule has 0 saturated heterocycles. The van der Waals surface area contributed by atoms with Crippen molar-refractivity contribution in [2.75, 3.05) is 0 Å². The fourth-order valence-electron chi connectivity index (χ4n) is 3.65. The van der Waals surface area contributed by atoms with E-state index in [1.165, 1.54) is 0 Å². The first-order valence-corrected chi connectivity index (χ1v) is 8.84. The molecule has 24 heavy (non-hydrogen) atoms. The lowest BCUT2D eigenvalue weighted by molar-refractivity contribution is -0.136. The van der Waals surface area contributed by atoms with Crippen molar-refractivity contribution in [3.8, 4) is 5.75 Å². The minimum Gasteiger partial charge on any atom is -0.508 e. The molecule has 4 heteroatoms. The Balaban J connectivity index is 1.81. The zero-order valence-electron chi connectivity index (χ0n) is 14.3. The van der Waals surface area contributed by atoms with Crippen molar-refractivity contribution in [1.82, 2.24) is 0 Å². The van der Waals surface area contributed by atoms with E-state index in [0.717, 1.165) is 18.4 Å². The van der Waals surface area contributed by atoms with E-state index in [-0.39, 0.29) is 23.1 Å². The van der Waals surface area contributed by atoms with Gasteiger partial charge in [0.15, 0.2) is 0 Å². The van der Waals surface area contributed by atoms with Crippen molar-refractivity contribution in [3.63, 3.8) is 0 Å². The third-order valence-corrected chi connectivity index (χ3v) is 4.99. The van der Waals surface area contributed by atoms with E-state index < -0.39 is 5.41 Å². The highest BCUT2D eigenvalue weighted by Gasteiger charge is 2.47. The average Bonchev–Trinajstić information content (AvgIpc) is 2.82. The summed E-state index contributed by atoms with van der Waals surface area (Å²) in [7, 11) is 0. The predicted octanol–water partition coefficient (Wildman–Crippen LogP) is 3.78. The second-order valence-corrected chi connectivity index (χ2v) is 6.74. The largest absolute Gasteiger partial charge is 0.508 e. The summed E-state index contributed by atoms with van der Waals surface area (Å²) in [5.74, 6) is 0.403. The third-order valence-electron chi connectivity index (χ3n) is 4.99. The number of ketones is 3. The molecule has 0 unspecified atom stereocenters. The van der Waals surface area contributed by atoms with Gasteiger partial charge < -0.3 is 5.11 Å². The van der Waals surface area contributed by atoms with E-state index in [9.17, 15) is 19.5 Å². The molecule has 0 atom stereocenters. The fraction of sp³-hybridized carbons (Fsp3) is 0.550. The van der Waals surface area contributed by atoms with E-state index in [1.807, 2.05) is 13.0 Å². The molecule has 1 fully saturated rings. The van der Waals surface area contributed by atoms with Crippen molar-refractivity contribution in [3.05, 3.63) is 29.8 Å². The summed E-state index contributed by atoms with van der Waals surface area (Å²) in [5, 5.41) is 9.42. The molecule has 4 nitrogen and oxygen atoms in total. The number of carbonyl (C=O) groups is 3. The van der Waals surface area contributed by atoms with Crippen LogP contribution >= 0.6 is 0 Å². The Hall–Kier alpha value is -1.97. The van der Waals surface area contributed by atoms with E-state index in [1.54, 1.807) is 18.2 Å². The molecule has 1 aliphatic rings. The van der Waals surface area contributed by atoms with Gasteiger partial charge in [0, 0.05) is 25.7 Å². The Morgan fingerprint density at radius 3 is 2.46 bits per heavy atom. The predicted molar refractivity (Wildman–Crippen MR) is 91.9 cm³/mol. The fourth-order valence-corrected chi connectivity index (χ4v) is 3.65. The SMILES string of the molecule is CCCC1(CCC(=O)CCCc2cccc(O)c2)C(=O)CCC1=O. The van der Waals surface area contributed by atoms with Crippen molar-refractivity contribution in [2.24, 2.45) is 5.41 Å². The molecule has 130 valence electrons. The average molecular weight is 330 g/mol. The minimum atomic E-state index is -0.879. The maximum atomic E-state index is 12.2. The number of aryl methyl sites for hydroxylation is 1. The van der Waals surface area contributed by atoms with E-state index >= 15 is 0 Å². The number of phenols is 1. The Morgan fingerprint density at radius 1 is 1.12 bits per heavy atom. The van der Waals surface area contributed by atoms with E-state index in [4.69, 9.17) is 0 Å². The first-order valence-electron chi connectivity index (χ1n) is 8.84. The number of Topliss-reactive ketones (excluding diaryl/α,β-unsaturated/α-hetero) is 3. The third kappa shape index (κ3) is 4.31. The summed E-state index contributed by atoms with van der Waals surface area (Å²) >= 11 is 0. The summed E-state index contributed by atoms with van der Waals surface area (Å²) in [5.41, 5.74) is 0.127. The second-order valence-electron chi connectivity index (χ2n) is 6.74. The molecule has 0 radical (unpaired) electrons. The van der Waals surface area contributed by atoms with Gasteiger partial charge in [-0.1, -0.05) is 25.5 Å². The van der Waals surface area contributed by atoms with Gasteiger partial charge in [-0.05, 0) is 43.4 Å². The van der Waals surface area contributed by atoms with Crippen LogP contribution in [0.5, 0.6) is 5.75 Å². The number of benzene rings is 1. The van der Waals surface area contributed by atoms with Gasteiger partial charge >= 0.3 is 0 Å². The molecule has 0 aromatic heterocycles. The van der Waals surface area contributed by atoms with Crippen LogP contribution < -0.4 is 0 Å². The van der Waals surface area contributed by atoms with Crippen LogP contribution in [0.2, 0.25) is 0 Å². The molecule has 1 aromatic rings. The first kappa shape index (κ1) is 18.4. The Bertz CT molecular complexity index is 602. The minimum absolute atomic E-state index is 0.0295. The standard InChI is InChI=1S/C20H26O4/c1-2-12-20(18(23)9-10-19(20)24)13-11-16(21)7-3-5-15-6-4-8-17(22)14-15/h4,6,8,14,22H,2-3,5,7,9-13H2,1H3. The topological polar surface area (TPSA) is 71.4 Å². The highest BCUT2D eigenvalue weighted by Crippen LogP contribution is 2.40. The maximum absolute atomic E-state index is 12.2. The molecule has 2 rings (SSSR count). The quantitative estimate of drug-likeness (QED) is 0.699. The number of aromatic hydroxyl groups is 1. The number of phenolic OH excluding ortho intramolecular Hbond substituents is 1. The van der Waals surface area contributed by atoms with Gasteiger partial charge in [-0.2, -0.15) is 0 Å². The maximum Gasteiger partial charge on any atom is 0.146 e. The molecule has 0 bridgehead atoms. The molecule has 1 aliphatic carbocycles. The lowest BCUT2D eigenvalue weighted by Crippen LogP contribution is -2.33. The molecule has 0 aliphatic heterocycles. The monoisotopic (exact) mass is 330 g/mol. The van der Waals surface area contributed by atoms with Crippen LogP contribution in [0.1, 0.15) is 63.9 Å². The van der Waals surface area contributed by atoms with Gasteiger partial charge in [-0.25, -0.2) is 0 Å². The normalized spacial score (nSPS) is 16.5. The van der Waals surface area contributed by atoms with Crippen LogP contribution in [0.4, 0.5) is 0 Å². The molecule has 0 heterocycles. The van der Waals surface area contributed by atoms with Crippen LogP contribution in [-0.4, -0.2) is 22.5 Å². The molecule has 0 spiro atoms. The zero-order valence-corrected chi connectivity index (χ0v) is 14.3. The van der Waals surface area contributed by atoms with Gasteiger partial charge in [0.2, 0.25) is 0 Å². The Labute approximate surface area is 143 Å². The Morgan fingerprint density at radius 2 is 1.83 bits per heavy atom. The number of carbonyl (C=O) groups excluding carboxylic acids is 3. The number of rotatable bonds is 9. The number of hydrogen-bond acceptors (Lipinski definition) is 4. The first-order chi connectivity index (χ1) is 11.5. The molecule has 1 N–H and O–H groups in total. The second kappa shape index (κ2) is 8.22. The van der Waals surface area contributed by atoms with Gasteiger partial charge in [0.25, 0.3) is 0 Å². The van der Waals surface area contributed by atoms with E-state index in [0.29, 0.717) is 44.9 Å². The van der Waals surface area contributed by atoms with Crippen LogP contribution in [0.25, 0.3) is 0 Å². The summed E-state index contributed by atoms with van der Waals surface area (Å²) in [6.07, 6.45) is 4.60. The highest BCUT2D eigenvalue weighted by atomic mass is 16.3. The molecule has 1 aromatic carbocycles. The smallest absolute Gasteiger partial charge is 0.146 e. The van der Waals surface area contributed by atoms with Crippen molar-refractivity contribution in [2.45, 2.75) is 64.7 Å². The van der Waals surface area contributed by atoms with Crippen LogP contribution in [0, 0.1) is 5.41 Å².